The summed E-state index contributed by atoms with van der Waals surface area (Å²) in [6.07, 6.45) is 3.64. The average Bonchev–Trinajstić information content (AvgIpc) is 2.45. The second-order valence-electron chi connectivity index (χ2n) is 5.66. The fourth-order valence-electron chi connectivity index (χ4n) is 2.91. The molecule has 1 heterocycles. The van der Waals surface area contributed by atoms with Gasteiger partial charge in [0.25, 0.3) is 0 Å². The van der Waals surface area contributed by atoms with Crippen molar-refractivity contribution in [2.75, 3.05) is 26.2 Å². The number of halogens is 2. The van der Waals surface area contributed by atoms with E-state index in [1.54, 1.807) is 6.07 Å². The van der Waals surface area contributed by atoms with Crippen LogP contribution < -0.4 is 5.32 Å². The van der Waals surface area contributed by atoms with E-state index >= 15 is 0 Å². The summed E-state index contributed by atoms with van der Waals surface area (Å²) in [6, 6.07) is 5.08. The molecule has 0 bridgehead atoms. The minimum atomic E-state index is -0.319. The van der Waals surface area contributed by atoms with Crippen LogP contribution in [-0.2, 0) is 6.54 Å². The molecule has 112 valence electrons. The summed E-state index contributed by atoms with van der Waals surface area (Å²) in [5, 5.41) is 3.73. The molecule has 1 fully saturated rings. The molecule has 0 radical (unpaired) electrons. The molecule has 1 aromatic rings. The van der Waals surface area contributed by atoms with Gasteiger partial charge in [-0.1, -0.05) is 30.7 Å². The lowest BCUT2D eigenvalue weighted by molar-refractivity contribution is 0.201. The molecule has 1 unspecified atom stereocenters. The van der Waals surface area contributed by atoms with Gasteiger partial charge in [0.1, 0.15) is 5.82 Å². The number of piperidine rings is 1. The van der Waals surface area contributed by atoms with E-state index < -0.39 is 0 Å². The van der Waals surface area contributed by atoms with Crippen molar-refractivity contribution >= 4 is 11.6 Å². The highest BCUT2D eigenvalue weighted by Crippen LogP contribution is 2.22. The van der Waals surface area contributed by atoms with E-state index in [0.29, 0.717) is 5.92 Å². The van der Waals surface area contributed by atoms with Crippen molar-refractivity contribution < 1.29 is 4.39 Å². The molecule has 1 aliphatic rings. The van der Waals surface area contributed by atoms with Gasteiger partial charge in [-0.15, -0.1) is 0 Å². The molecule has 1 saturated heterocycles. The number of hydrogen-bond acceptors (Lipinski definition) is 2. The average molecular weight is 299 g/mol. The molecule has 2 rings (SSSR count). The third kappa shape index (κ3) is 4.44. The van der Waals surface area contributed by atoms with Crippen LogP contribution in [0.1, 0.15) is 31.7 Å². The lowest BCUT2D eigenvalue weighted by Gasteiger charge is -2.30. The van der Waals surface area contributed by atoms with Crippen LogP contribution in [0.2, 0.25) is 5.02 Å². The molecule has 1 aliphatic heterocycles. The van der Waals surface area contributed by atoms with Gasteiger partial charge in [-0.3, -0.25) is 4.90 Å². The number of nitrogens with one attached hydrogen (secondary N) is 1. The summed E-state index contributed by atoms with van der Waals surface area (Å²) in [5.41, 5.74) is 0.892. The third-order valence-electron chi connectivity index (χ3n) is 3.88. The molecule has 0 aromatic heterocycles. The molecule has 4 heteroatoms. The van der Waals surface area contributed by atoms with Gasteiger partial charge in [-0.2, -0.15) is 0 Å². The van der Waals surface area contributed by atoms with Crippen molar-refractivity contribution in [1.82, 2.24) is 10.2 Å². The van der Waals surface area contributed by atoms with Crippen LogP contribution in [0.25, 0.3) is 0 Å². The summed E-state index contributed by atoms with van der Waals surface area (Å²) in [7, 11) is 0. The highest BCUT2D eigenvalue weighted by molar-refractivity contribution is 6.31. The monoisotopic (exact) mass is 298 g/mol. The molecule has 0 saturated carbocycles. The Morgan fingerprint density at radius 2 is 2.30 bits per heavy atom. The van der Waals surface area contributed by atoms with Crippen LogP contribution in [-0.4, -0.2) is 31.1 Å². The summed E-state index contributed by atoms with van der Waals surface area (Å²) < 4.78 is 13.5. The molecule has 0 amide bonds. The van der Waals surface area contributed by atoms with E-state index in [-0.39, 0.29) is 10.8 Å². The van der Waals surface area contributed by atoms with Gasteiger partial charge in [0.2, 0.25) is 0 Å². The molecule has 0 aliphatic carbocycles. The summed E-state index contributed by atoms with van der Waals surface area (Å²) in [4.78, 5) is 2.40. The second kappa shape index (κ2) is 7.96. The molecule has 0 spiro atoms. The Morgan fingerprint density at radius 3 is 3.00 bits per heavy atom. The third-order valence-corrected chi connectivity index (χ3v) is 4.30. The Labute approximate surface area is 126 Å². The van der Waals surface area contributed by atoms with Crippen molar-refractivity contribution in [3.63, 3.8) is 0 Å². The van der Waals surface area contributed by atoms with Crippen LogP contribution in [0.3, 0.4) is 0 Å². The number of hydrogen-bond donors (Lipinski definition) is 1. The standard InChI is InChI=1S/C16H24ClFN2/c1-2-9-20(11-13-5-4-8-19-10-13)12-14-6-3-7-15(18)16(14)17/h3,6-7,13,19H,2,4-5,8-12H2,1H3. The van der Waals surface area contributed by atoms with Crippen molar-refractivity contribution in [2.45, 2.75) is 32.7 Å². The molecular formula is C16H24ClFN2. The van der Waals surface area contributed by atoms with E-state index in [0.717, 1.165) is 44.7 Å². The zero-order chi connectivity index (χ0) is 14.4. The molecule has 1 atom stereocenters. The van der Waals surface area contributed by atoms with Crippen LogP contribution in [0.5, 0.6) is 0 Å². The van der Waals surface area contributed by atoms with Crippen LogP contribution >= 0.6 is 11.6 Å². The van der Waals surface area contributed by atoms with E-state index in [9.17, 15) is 4.39 Å². The van der Waals surface area contributed by atoms with Crippen molar-refractivity contribution in [3.8, 4) is 0 Å². The molecule has 20 heavy (non-hydrogen) atoms. The van der Waals surface area contributed by atoms with Crippen molar-refractivity contribution in [3.05, 3.63) is 34.6 Å². The maximum atomic E-state index is 13.5. The predicted octanol–water partition coefficient (Wildman–Crippen LogP) is 3.69. The first-order chi connectivity index (χ1) is 9.70. The van der Waals surface area contributed by atoms with Gasteiger partial charge >= 0.3 is 0 Å². The minimum Gasteiger partial charge on any atom is -0.316 e. The van der Waals surface area contributed by atoms with Gasteiger partial charge in [0.15, 0.2) is 0 Å². The Balaban J connectivity index is 1.98. The maximum absolute atomic E-state index is 13.5. The Hall–Kier alpha value is -0.640. The first kappa shape index (κ1) is 15.7. The fourth-order valence-corrected chi connectivity index (χ4v) is 3.09. The van der Waals surface area contributed by atoms with E-state index in [1.807, 2.05) is 6.07 Å². The van der Waals surface area contributed by atoms with Gasteiger partial charge in [-0.05, 0) is 56.4 Å². The topological polar surface area (TPSA) is 15.3 Å². The highest BCUT2D eigenvalue weighted by Gasteiger charge is 2.18. The molecule has 1 aromatic carbocycles. The van der Waals surface area contributed by atoms with Crippen molar-refractivity contribution in [1.29, 1.82) is 0 Å². The van der Waals surface area contributed by atoms with Crippen LogP contribution in [0.15, 0.2) is 18.2 Å². The molecule has 1 N–H and O–H groups in total. The summed E-state index contributed by atoms with van der Waals surface area (Å²) in [6.45, 7) is 7.24. The lowest BCUT2D eigenvalue weighted by Crippen LogP contribution is -2.38. The maximum Gasteiger partial charge on any atom is 0.142 e. The minimum absolute atomic E-state index is 0.273. The predicted molar refractivity (Wildman–Crippen MR) is 82.6 cm³/mol. The van der Waals surface area contributed by atoms with E-state index in [4.69, 9.17) is 11.6 Å². The van der Waals surface area contributed by atoms with E-state index in [2.05, 4.69) is 17.1 Å². The fraction of sp³-hybridized carbons (Fsp3) is 0.625. The number of benzene rings is 1. The Morgan fingerprint density at radius 1 is 1.45 bits per heavy atom. The SMILES string of the molecule is CCCN(Cc1cccc(F)c1Cl)CC1CCCNC1. The zero-order valence-corrected chi connectivity index (χ0v) is 12.9. The molecular weight excluding hydrogens is 275 g/mol. The highest BCUT2D eigenvalue weighted by atomic mass is 35.5. The van der Waals surface area contributed by atoms with Crippen molar-refractivity contribution in [2.24, 2.45) is 5.92 Å². The van der Waals surface area contributed by atoms with E-state index in [1.165, 1.54) is 18.9 Å². The zero-order valence-electron chi connectivity index (χ0n) is 12.2. The first-order valence-electron chi connectivity index (χ1n) is 7.56. The van der Waals surface area contributed by atoms with Gasteiger partial charge in [0, 0.05) is 13.1 Å². The number of rotatable bonds is 6. The Bertz CT molecular complexity index is 419. The summed E-state index contributed by atoms with van der Waals surface area (Å²) >= 11 is 6.07. The lowest BCUT2D eigenvalue weighted by atomic mass is 9.98. The summed E-state index contributed by atoms with van der Waals surface area (Å²) in [5.74, 6) is 0.377. The largest absolute Gasteiger partial charge is 0.316 e. The van der Waals surface area contributed by atoms with Crippen LogP contribution in [0.4, 0.5) is 4.39 Å². The quantitative estimate of drug-likeness (QED) is 0.861. The smallest absolute Gasteiger partial charge is 0.142 e. The normalized spacial score (nSPS) is 19.5. The van der Waals surface area contributed by atoms with Gasteiger partial charge < -0.3 is 5.32 Å². The number of nitrogens with zero attached hydrogens (tertiary/aromatic N) is 1. The second-order valence-corrected chi connectivity index (χ2v) is 6.04. The van der Waals surface area contributed by atoms with Crippen LogP contribution in [0, 0.1) is 11.7 Å². The first-order valence-corrected chi connectivity index (χ1v) is 7.94. The molecule has 2 nitrogen and oxygen atoms in total. The van der Waals surface area contributed by atoms with Gasteiger partial charge in [0.05, 0.1) is 5.02 Å². The Kier molecular flexibility index (Phi) is 6.27. The van der Waals surface area contributed by atoms with Gasteiger partial charge in [-0.25, -0.2) is 4.39 Å².